The summed E-state index contributed by atoms with van der Waals surface area (Å²) < 4.78 is 13.9. The quantitative estimate of drug-likeness (QED) is 0.331. The van der Waals surface area contributed by atoms with E-state index in [1.807, 2.05) is 18.2 Å². The molecule has 3 N–H and O–H groups in total. The van der Waals surface area contributed by atoms with Crippen LogP contribution in [0.25, 0.3) is 0 Å². The van der Waals surface area contributed by atoms with E-state index in [0.29, 0.717) is 12.5 Å². The van der Waals surface area contributed by atoms with Crippen LogP contribution in [0.4, 0.5) is 10.1 Å². The van der Waals surface area contributed by atoms with Gasteiger partial charge in [-0.1, -0.05) is 36.7 Å². The molecule has 1 aliphatic rings. The lowest BCUT2D eigenvalue weighted by Crippen LogP contribution is -2.26. The number of halogens is 3. The van der Waals surface area contributed by atoms with Crippen molar-refractivity contribution in [2.45, 2.75) is 25.8 Å². The molecule has 28 heavy (non-hydrogen) atoms. The predicted molar refractivity (Wildman–Crippen MR) is 126 cm³/mol. The summed E-state index contributed by atoms with van der Waals surface area (Å²) in [6, 6.07) is 13.3. The van der Waals surface area contributed by atoms with Crippen LogP contribution < -0.4 is 11.1 Å². The first-order valence-electron chi connectivity index (χ1n) is 9.29. The average molecular weight is 517 g/mol. The van der Waals surface area contributed by atoms with Gasteiger partial charge in [0.05, 0.1) is 5.02 Å². The summed E-state index contributed by atoms with van der Waals surface area (Å²) >= 11 is 5.82. The summed E-state index contributed by atoms with van der Waals surface area (Å²) in [5.41, 5.74) is 9.20. The zero-order chi connectivity index (χ0) is 19.4. The van der Waals surface area contributed by atoms with E-state index in [1.165, 1.54) is 11.6 Å². The molecule has 0 radical (unpaired) electrons. The van der Waals surface area contributed by atoms with Gasteiger partial charge in [-0.25, -0.2) is 4.39 Å². The van der Waals surface area contributed by atoms with Crippen molar-refractivity contribution >= 4 is 47.2 Å². The van der Waals surface area contributed by atoms with Crippen molar-refractivity contribution in [1.82, 2.24) is 4.90 Å². The van der Waals surface area contributed by atoms with Crippen LogP contribution in [0.3, 0.4) is 0 Å². The molecule has 1 saturated heterocycles. The lowest BCUT2D eigenvalue weighted by Gasteiger charge is -2.25. The van der Waals surface area contributed by atoms with E-state index >= 15 is 0 Å². The first kappa shape index (κ1) is 22.9. The Bertz CT molecular complexity index is 813. The Morgan fingerprint density at radius 3 is 2.64 bits per heavy atom. The monoisotopic (exact) mass is 516 g/mol. The maximum atomic E-state index is 13.9. The van der Waals surface area contributed by atoms with Crippen molar-refractivity contribution in [1.29, 1.82) is 0 Å². The van der Waals surface area contributed by atoms with Crippen LogP contribution in [0.2, 0.25) is 5.02 Å². The highest BCUT2D eigenvalue weighted by atomic mass is 127. The average Bonchev–Trinajstić information content (AvgIpc) is 3.03. The molecule has 7 heteroatoms. The third kappa shape index (κ3) is 5.58. The maximum Gasteiger partial charge on any atom is 0.193 e. The molecule has 0 amide bonds. The van der Waals surface area contributed by atoms with Crippen LogP contribution in [0.1, 0.15) is 30.5 Å². The molecule has 1 heterocycles. The number of hydrogen-bond acceptors (Lipinski definition) is 2. The molecule has 4 nitrogen and oxygen atoms in total. The maximum absolute atomic E-state index is 13.9. The molecule has 0 bridgehead atoms. The number of rotatable bonds is 5. The van der Waals surface area contributed by atoms with Gasteiger partial charge < -0.3 is 11.1 Å². The fourth-order valence-electron chi connectivity index (χ4n) is 3.67. The van der Waals surface area contributed by atoms with Crippen LogP contribution in [-0.2, 0) is 6.42 Å². The van der Waals surface area contributed by atoms with Crippen molar-refractivity contribution < 1.29 is 4.39 Å². The Labute approximate surface area is 188 Å². The van der Waals surface area contributed by atoms with E-state index in [9.17, 15) is 4.39 Å². The fraction of sp³-hybridized carbons (Fsp3) is 0.381. The number of nitrogens with zero attached hydrogens (tertiary/aromatic N) is 2. The third-order valence-corrected chi connectivity index (χ3v) is 5.50. The number of aryl methyl sites for hydroxylation is 1. The van der Waals surface area contributed by atoms with E-state index in [-0.39, 0.29) is 46.8 Å². The first-order valence-corrected chi connectivity index (χ1v) is 9.66. The third-order valence-electron chi connectivity index (χ3n) is 5.19. The topological polar surface area (TPSA) is 53.6 Å². The highest BCUT2D eigenvalue weighted by Gasteiger charge is 2.33. The number of nitrogens with two attached hydrogens (primary N) is 1. The largest absolute Gasteiger partial charge is 0.370 e. The molecule has 2 unspecified atom stereocenters. The van der Waals surface area contributed by atoms with Gasteiger partial charge in [-0.2, -0.15) is 0 Å². The summed E-state index contributed by atoms with van der Waals surface area (Å²) in [5, 5.41) is 3.29. The van der Waals surface area contributed by atoms with Gasteiger partial charge in [0, 0.05) is 18.3 Å². The lowest BCUT2D eigenvalue weighted by molar-refractivity contribution is 0.279. The molecule has 0 aromatic heterocycles. The Kier molecular flexibility index (Phi) is 8.52. The van der Waals surface area contributed by atoms with Crippen molar-refractivity contribution in [3.8, 4) is 0 Å². The second-order valence-electron chi connectivity index (χ2n) is 7.05. The second-order valence-corrected chi connectivity index (χ2v) is 7.46. The summed E-state index contributed by atoms with van der Waals surface area (Å²) in [4.78, 5) is 6.76. The normalized spacial score (nSPS) is 20.1. The molecule has 3 rings (SSSR count). The van der Waals surface area contributed by atoms with Crippen molar-refractivity contribution in [2.24, 2.45) is 16.6 Å². The molecular weight excluding hydrogens is 490 g/mol. The lowest BCUT2D eigenvalue weighted by atomic mass is 9.94. The van der Waals surface area contributed by atoms with Crippen molar-refractivity contribution in [3.63, 3.8) is 0 Å². The van der Waals surface area contributed by atoms with Gasteiger partial charge in [-0.15, -0.1) is 24.0 Å². The predicted octanol–water partition coefficient (Wildman–Crippen LogP) is 5.08. The number of hydrogen-bond donors (Lipinski definition) is 2. The molecule has 2 aromatic carbocycles. The van der Waals surface area contributed by atoms with E-state index in [0.717, 1.165) is 30.6 Å². The Hall–Kier alpha value is -1.38. The van der Waals surface area contributed by atoms with Gasteiger partial charge in [0.1, 0.15) is 5.82 Å². The van der Waals surface area contributed by atoms with Gasteiger partial charge >= 0.3 is 0 Å². The first-order chi connectivity index (χ1) is 13.0. The number of guanidine groups is 1. The van der Waals surface area contributed by atoms with Crippen LogP contribution in [-0.4, -0.2) is 31.0 Å². The zero-order valence-electron chi connectivity index (χ0n) is 16.2. The highest BCUT2D eigenvalue weighted by Crippen LogP contribution is 2.37. The van der Waals surface area contributed by atoms with Crippen LogP contribution >= 0.6 is 35.6 Å². The fourth-order valence-corrected chi connectivity index (χ4v) is 3.78. The van der Waals surface area contributed by atoms with E-state index in [4.69, 9.17) is 17.3 Å². The van der Waals surface area contributed by atoms with Crippen LogP contribution in [0.15, 0.2) is 47.5 Å². The van der Waals surface area contributed by atoms with E-state index in [1.54, 1.807) is 6.07 Å². The molecule has 2 aromatic rings. The van der Waals surface area contributed by atoms with Gasteiger partial charge in [0.25, 0.3) is 0 Å². The summed E-state index contributed by atoms with van der Waals surface area (Å²) in [5.74, 6) is 0.293. The smallest absolute Gasteiger partial charge is 0.193 e. The van der Waals surface area contributed by atoms with Crippen molar-refractivity contribution in [2.75, 3.05) is 25.5 Å². The molecule has 0 spiro atoms. The van der Waals surface area contributed by atoms with E-state index < -0.39 is 0 Å². The zero-order valence-corrected chi connectivity index (χ0v) is 19.2. The number of anilines is 1. The minimum atomic E-state index is -0.381. The Morgan fingerprint density at radius 2 is 2.00 bits per heavy atom. The minimum Gasteiger partial charge on any atom is -0.370 e. The SMILES string of the molecule is CCc1ccc(NC(N)=NCC2CCN(C)C2c2ccc(Cl)c(F)c2)cc1.I. The number of benzene rings is 2. The summed E-state index contributed by atoms with van der Waals surface area (Å²) in [6.07, 6.45) is 2.00. The number of nitrogens with one attached hydrogen (secondary N) is 1. The van der Waals surface area contributed by atoms with Crippen LogP contribution in [0, 0.1) is 11.7 Å². The van der Waals surface area contributed by atoms with Gasteiger partial charge in [-0.05, 0) is 67.7 Å². The summed E-state index contributed by atoms with van der Waals surface area (Å²) in [7, 11) is 2.05. The van der Waals surface area contributed by atoms with Gasteiger partial charge in [-0.3, -0.25) is 9.89 Å². The van der Waals surface area contributed by atoms with Gasteiger partial charge in [0.2, 0.25) is 0 Å². The summed E-state index contributed by atoms with van der Waals surface area (Å²) in [6.45, 7) is 3.66. The molecule has 1 fully saturated rings. The van der Waals surface area contributed by atoms with Gasteiger partial charge in [0.15, 0.2) is 5.96 Å². The number of likely N-dealkylation sites (tertiary alicyclic amines) is 1. The molecular formula is C21H27ClFIN4. The van der Waals surface area contributed by atoms with Crippen LogP contribution in [0.5, 0.6) is 0 Å². The Morgan fingerprint density at radius 1 is 1.29 bits per heavy atom. The minimum absolute atomic E-state index is 0. The number of aliphatic imine (C=N–C) groups is 1. The Balaban J connectivity index is 0.00000280. The molecule has 1 aliphatic heterocycles. The molecule has 0 aliphatic carbocycles. The van der Waals surface area contributed by atoms with E-state index in [2.05, 4.69) is 41.3 Å². The molecule has 152 valence electrons. The molecule has 0 saturated carbocycles. The second kappa shape index (κ2) is 10.4. The highest BCUT2D eigenvalue weighted by molar-refractivity contribution is 14.0. The standard InChI is InChI=1S/C21H26ClFN4.HI/c1-3-14-4-7-17(8-5-14)26-21(24)25-13-16-10-11-27(2)20(16)15-6-9-18(22)19(23)12-15;/h4-9,12,16,20H,3,10-11,13H2,1-2H3,(H3,24,25,26);1H. The molecule has 2 atom stereocenters. The van der Waals surface area contributed by atoms with Crippen molar-refractivity contribution in [3.05, 3.63) is 64.4 Å².